The minimum atomic E-state index is -0.888. The second kappa shape index (κ2) is 7.71. The Morgan fingerprint density at radius 1 is 1.61 bits per heavy atom. The number of methoxy groups -OCH3 is 1. The van der Waals surface area contributed by atoms with Crippen LogP contribution >= 0.6 is 0 Å². The zero-order valence-corrected chi connectivity index (χ0v) is 11.5. The smallest absolute Gasteiger partial charge is 0.220 e. The summed E-state index contributed by atoms with van der Waals surface area (Å²) in [4.78, 5) is 11.6. The van der Waals surface area contributed by atoms with Gasteiger partial charge in [-0.25, -0.2) is 0 Å². The first-order chi connectivity index (χ1) is 8.53. The molecular weight excluding hydrogens is 232 g/mol. The van der Waals surface area contributed by atoms with Crippen LogP contribution in [0.2, 0.25) is 0 Å². The largest absolute Gasteiger partial charge is 0.388 e. The molecule has 2 unspecified atom stereocenters. The maximum Gasteiger partial charge on any atom is 0.220 e. The first kappa shape index (κ1) is 15.4. The Morgan fingerprint density at radius 2 is 2.39 bits per heavy atom. The summed E-state index contributed by atoms with van der Waals surface area (Å²) in [5, 5.41) is 16.1. The van der Waals surface area contributed by atoms with E-state index in [0.717, 1.165) is 19.5 Å². The number of hydrogen-bond acceptors (Lipinski definition) is 4. The quantitative estimate of drug-likeness (QED) is 0.585. The van der Waals surface area contributed by atoms with E-state index in [0.29, 0.717) is 25.4 Å². The van der Waals surface area contributed by atoms with E-state index in [1.54, 1.807) is 14.0 Å². The number of hydrogen-bond donors (Lipinski definition) is 3. The van der Waals surface area contributed by atoms with Gasteiger partial charge in [0.05, 0.1) is 5.60 Å². The summed E-state index contributed by atoms with van der Waals surface area (Å²) in [6.45, 7) is 4.60. The topological polar surface area (TPSA) is 70.6 Å². The first-order valence-electron chi connectivity index (χ1n) is 6.72. The number of aliphatic hydroxyl groups is 1. The first-order valence-corrected chi connectivity index (χ1v) is 6.72. The van der Waals surface area contributed by atoms with E-state index in [1.165, 1.54) is 6.42 Å². The van der Waals surface area contributed by atoms with Crippen molar-refractivity contribution in [2.45, 2.75) is 38.2 Å². The predicted octanol–water partition coefficient (Wildman–Crippen LogP) is 0.280. The van der Waals surface area contributed by atoms with Crippen molar-refractivity contribution in [2.24, 2.45) is 5.92 Å². The van der Waals surface area contributed by atoms with Gasteiger partial charge in [-0.1, -0.05) is 0 Å². The molecule has 3 N–H and O–H groups in total. The zero-order chi connectivity index (χ0) is 13.4. The van der Waals surface area contributed by atoms with Gasteiger partial charge >= 0.3 is 0 Å². The highest BCUT2D eigenvalue weighted by Crippen LogP contribution is 2.14. The van der Waals surface area contributed by atoms with Crippen molar-refractivity contribution in [3.63, 3.8) is 0 Å². The van der Waals surface area contributed by atoms with Gasteiger partial charge < -0.3 is 20.5 Å². The Morgan fingerprint density at radius 3 is 3.00 bits per heavy atom. The molecule has 0 saturated carbocycles. The highest BCUT2D eigenvalue weighted by Gasteiger charge is 2.21. The van der Waals surface area contributed by atoms with Gasteiger partial charge in [0.2, 0.25) is 5.91 Å². The van der Waals surface area contributed by atoms with Crippen molar-refractivity contribution < 1.29 is 14.6 Å². The molecule has 0 aliphatic carbocycles. The molecule has 1 rings (SSSR count). The van der Waals surface area contributed by atoms with Crippen molar-refractivity contribution in [1.29, 1.82) is 0 Å². The highest BCUT2D eigenvalue weighted by atomic mass is 16.5. The Bertz CT molecular complexity index is 251. The van der Waals surface area contributed by atoms with E-state index in [-0.39, 0.29) is 12.5 Å². The average molecular weight is 258 g/mol. The fourth-order valence-electron chi connectivity index (χ4n) is 2.08. The molecule has 0 bridgehead atoms. The van der Waals surface area contributed by atoms with Crippen LogP contribution in [0.3, 0.4) is 0 Å². The third-order valence-electron chi connectivity index (χ3n) is 3.45. The number of carbonyl (C=O) groups is 1. The van der Waals surface area contributed by atoms with E-state index < -0.39 is 5.60 Å². The van der Waals surface area contributed by atoms with Gasteiger partial charge in [0.15, 0.2) is 0 Å². The van der Waals surface area contributed by atoms with Gasteiger partial charge in [0.1, 0.15) is 0 Å². The van der Waals surface area contributed by atoms with E-state index >= 15 is 0 Å². The van der Waals surface area contributed by atoms with Crippen molar-refractivity contribution in [3.05, 3.63) is 0 Å². The molecule has 0 aromatic heterocycles. The highest BCUT2D eigenvalue weighted by molar-refractivity contribution is 5.75. The van der Waals surface area contributed by atoms with Gasteiger partial charge in [-0.15, -0.1) is 0 Å². The fourth-order valence-corrected chi connectivity index (χ4v) is 2.08. The minimum absolute atomic E-state index is 0.0274. The van der Waals surface area contributed by atoms with Crippen molar-refractivity contribution in [1.82, 2.24) is 10.6 Å². The molecule has 0 radical (unpaired) electrons. The summed E-state index contributed by atoms with van der Waals surface area (Å²) < 4.78 is 4.92. The molecule has 1 heterocycles. The number of rotatable bonds is 8. The number of ether oxygens (including phenoxy) is 1. The second-order valence-electron chi connectivity index (χ2n) is 5.41. The fraction of sp³-hybridized carbons (Fsp3) is 0.923. The van der Waals surface area contributed by atoms with E-state index in [2.05, 4.69) is 10.6 Å². The Labute approximate surface area is 109 Å². The van der Waals surface area contributed by atoms with Gasteiger partial charge in [-0.3, -0.25) is 4.79 Å². The van der Waals surface area contributed by atoms with Crippen molar-refractivity contribution >= 4 is 5.91 Å². The summed E-state index contributed by atoms with van der Waals surface area (Å²) in [5.74, 6) is 0.657. The number of amides is 1. The Balaban J connectivity index is 2.11. The maximum atomic E-state index is 11.6. The summed E-state index contributed by atoms with van der Waals surface area (Å²) >= 11 is 0. The van der Waals surface area contributed by atoms with Gasteiger partial charge in [0.25, 0.3) is 0 Å². The summed E-state index contributed by atoms with van der Waals surface area (Å²) in [7, 11) is 1.60. The monoisotopic (exact) mass is 258 g/mol. The summed E-state index contributed by atoms with van der Waals surface area (Å²) in [6, 6.07) is 0. The van der Waals surface area contributed by atoms with Crippen molar-refractivity contribution in [2.75, 3.05) is 33.4 Å². The molecular formula is C13H26N2O3. The van der Waals surface area contributed by atoms with Crippen molar-refractivity contribution in [3.8, 4) is 0 Å². The maximum absolute atomic E-state index is 11.6. The molecule has 1 saturated heterocycles. The molecule has 1 aliphatic heterocycles. The van der Waals surface area contributed by atoms with Gasteiger partial charge in [-0.2, -0.15) is 0 Å². The molecule has 18 heavy (non-hydrogen) atoms. The van der Waals surface area contributed by atoms with E-state index in [1.807, 2.05) is 0 Å². The number of nitrogens with one attached hydrogen (secondary N) is 2. The normalized spacial score (nSPS) is 22.7. The van der Waals surface area contributed by atoms with Crippen LogP contribution in [0.15, 0.2) is 0 Å². The molecule has 1 aliphatic rings. The summed E-state index contributed by atoms with van der Waals surface area (Å²) in [6.07, 6.45) is 3.17. The average Bonchev–Trinajstić information content (AvgIpc) is 2.84. The van der Waals surface area contributed by atoms with E-state index in [4.69, 9.17) is 4.74 Å². The van der Waals surface area contributed by atoms with Crippen LogP contribution in [0.25, 0.3) is 0 Å². The molecule has 0 aromatic carbocycles. The SMILES string of the molecule is COCCC(C)(O)CNC(=O)CCC1CCNC1. The lowest BCUT2D eigenvalue weighted by atomic mass is 10.0. The van der Waals surface area contributed by atoms with Crippen LogP contribution in [0, 0.1) is 5.92 Å². The van der Waals surface area contributed by atoms with Crippen LogP contribution < -0.4 is 10.6 Å². The second-order valence-corrected chi connectivity index (χ2v) is 5.41. The molecule has 0 spiro atoms. The third kappa shape index (κ3) is 6.33. The van der Waals surface area contributed by atoms with Crippen LogP contribution in [-0.2, 0) is 9.53 Å². The minimum Gasteiger partial charge on any atom is -0.388 e. The lowest BCUT2D eigenvalue weighted by molar-refractivity contribution is -0.122. The summed E-state index contributed by atoms with van der Waals surface area (Å²) in [5.41, 5.74) is -0.888. The van der Waals surface area contributed by atoms with Gasteiger partial charge in [0, 0.05) is 33.1 Å². The Hall–Kier alpha value is -0.650. The van der Waals surface area contributed by atoms with E-state index in [9.17, 15) is 9.90 Å². The lowest BCUT2D eigenvalue weighted by Crippen LogP contribution is -2.41. The lowest BCUT2D eigenvalue weighted by Gasteiger charge is -2.23. The third-order valence-corrected chi connectivity index (χ3v) is 3.45. The number of carbonyl (C=O) groups excluding carboxylic acids is 1. The van der Waals surface area contributed by atoms with Crippen LogP contribution in [0.1, 0.15) is 32.6 Å². The standard InChI is InChI=1S/C13H26N2O3/c1-13(17,6-8-18-2)10-15-12(16)4-3-11-5-7-14-9-11/h11,14,17H,3-10H2,1-2H3,(H,15,16). The molecule has 106 valence electrons. The predicted molar refractivity (Wildman–Crippen MR) is 70.3 cm³/mol. The Kier molecular flexibility index (Phi) is 6.60. The zero-order valence-electron chi connectivity index (χ0n) is 11.5. The molecule has 1 amide bonds. The van der Waals surface area contributed by atoms with Crippen LogP contribution in [0.5, 0.6) is 0 Å². The molecule has 0 aromatic rings. The van der Waals surface area contributed by atoms with Gasteiger partial charge in [-0.05, 0) is 38.8 Å². The molecule has 5 nitrogen and oxygen atoms in total. The molecule has 2 atom stereocenters. The van der Waals surface area contributed by atoms with Crippen LogP contribution in [0.4, 0.5) is 0 Å². The molecule has 5 heteroatoms. The molecule has 1 fully saturated rings. The van der Waals surface area contributed by atoms with Crippen LogP contribution in [-0.4, -0.2) is 50.0 Å².